The van der Waals surface area contributed by atoms with Crippen LogP contribution in [0.15, 0.2) is 24.3 Å². The van der Waals surface area contributed by atoms with Crippen LogP contribution < -0.4 is 10.5 Å². The highest BCUT2D eigenvalue weighted by Crippen LogP contribution is 2.46. The first kappa shape index (κ1) is 10.1. The lowest BCUT2D eigenvalue weighted by Crippen LogP contribution is -2.45. The zero-order chi connectivity index (χ0) is 11.2. The molecule has 1 aromatic carbocycles. The molecule has 0 aliphatic carbocycles. The lowest BCUT2D eigenvalue weighted by Gasteiger charge is -2.31. The first-order chi connectivity index (χ1) is 7.72. The molecular formula is C13H17NO2. The third-order valence-electron chi connectivity index (χ3n) is 3.88. The van der Waals surface area contributed by atoms with Crippen molar-refractivity contribution in [2.24, 2.45) is 5.73 Å². The van der Waals surface area contributed by atoms with E-state index < -0.39 is 0 Å². The van der Waals surface area contributed by atoms with Gasteiger partial charge in [-0.1, -0.05) is 12.1 Å². The van der Waals surface area contributed by atoms with Gasteiger partial charge in [-0.3, -0.25) is 0 Å². The van der Waals surface area contributed by atoms with Crippen LogP contribution in [0.2, 0.25) is 0 Å². The number of hydrogen-bond donors (Lipinski definition) is 1. The molecule has 0 amide bonds. The van der Waals surface area contributed by atoms with Crippen LogP contribution >= 0.6 is 0 Å². The predicted octanol–water partition coefficient (Wildman–Crippen LogP) is 1.80. The molecule has 0 aromatic heterocycles. The molecule has 0 saturated carbocycles. The van der Waals surface area contributed by atoms with E-state index in [1.165, 1.54) is 12.0 Å². The van der Waals surface area contributed by atoms with Gasteiger partial charge in [-0.2, -0.15) is 0 Å². The molecule has 2 N–H and O–H groups in total. The molecule has 2 heterocycles. The molecule has 2 bridgehead atoms. The van der Waals surface area contributed by atoms with Gasteiger partial charge >= 0.3 is 0 Å². The molecule has 0 radical (unpaired) electrons. The highest BCUT2D eigenvalue weighted by Gasteiger charge is 2.50. The minimum atomic E-state index is -0.283. The van der Waals surface area contributed by atoms with Gasteiger partial charge in [0, 0.05) is 0 Å². The van der Waals surface area contributed by atoms with E-state index >= 15 is 0 Å². The molecule has 3 atom stereocenters. The highest BCUT2D eigenvalue weighted by atomic mass is 16.5. The van der Waals surface area contributed by atoms with Crippen molar-refractivity contribution in [3.63, 3.8) is 0 Å². The van der Waals surface area contributed by atoms with Crippen molar-refractivity contribution in [1.82, 2.24) is 0 Å². The average Bonchev–Trinajstić information content (AvgIpc) is 2.89. The van der Waals surface area contributed by atoms with Gasteiger partial charge in [0.1, 0.15) is 5.75 Å². The number of nitrogens with two attached hydrogens (primary N) is 1. The summed E-state index contributed by atoms with van der Waals surface area (Å²) < 4.78 is 11.0. The smallest absolute Gasteiger partial charge is 0.118 e. The second kappa shape index (κ2) is 3.47. The van der Waals surface area contributed by atoms with Crippen LogP contribution in [0.5, 0.6) is 5.75 Å². The predicted molar refractivity (Wildman–Crippen MR) is 61.4 cm³/mol. The van der Waals surface area contributed by atoms with E-state index in [9.17, 15) is 0 Å². The summed E-state index contributed by atoms with van der Waals surface area (Å²) in [6.45, 7) is 0. The van der Waals surface area contributed by atoms with Crippen molar-refractivity contribution in [3.8, 4) is 5.75 Å². The molecule has 16 heavy (non-hydrogen) atoms. The van der Waals surface area contributed by atoms with E-state index in [0.29, 0.717) is 6.10 Å². The van der Waals surface area contributed by atoms with Gasteiger partial charge in [0.25, 0.3) is 0 Å². The van der Waals surface area contributed by atoms with Crippen molar-refractivity contribution in [1.29, 1.82) is 0 Å². The Morgan fingerprint density at radius 3 is 2.56 bits per heavy atom. The highest BCUT2D eigenvalue weighted by molar-refractivity contribution is 5.34. The van der Waals surface area contributed by atoms with Gasteiger partial charge in [0.2, 0.25) is 0 Å². The van der Waals surface area contributed by atoms with E-state index in [2.05, 4.69) is 12.1 Å². The summed E-state index contributed by atoms with van der Waals surface area (Å²) in [5.74, 6) is 0.872. The summed E-state index contributed by atoms with van der Waals surface area (Å²) in [5.41, 5.74) is 7.38. The van der Waals surface area contributed by atoms with Crippen LogP contribution in [-0.2, 0) is 10.3 Å². The molecule has 3 heteroatoms. The van der Waals surface area contributed by atoms with Gasteiger partial charge in [-0.25, -0.2) is 0 Å². The Kier molecular flexibility index (Phi) is 2.19. The van der Waals surface area contributed by atoms with Gasteiger partial charge in [-0.05, 0) is 37.0 Å². The summed E-state index contributed by atoms with van der Waals surface area (Å²) >= 11 is 0. The molecule has 2 fully saturated rings. The number of ether oxygens (including phenoxy) is 2. The maximum atomic E-state index is 6.49. The van der Waals surface area contributed by atoms with Gasteiger partial charge in [0.05, 0.1) is 24.9 Å². The Morgan fingerprint density at radius 1 is 1.31 bits per heavy atom. The Morgan fingerprint density at radius 2 is 2.06 bits per heavy atom. The van der Waals surface area contributed by atoms with Gasteiger partial charge < -0.3 is 15.2 Å². The lowest BCUT2D eigenvalue weighted by atomic mass is 9.77. The molecule has 2 aliphatic rings. The zero-order valence-electron chi connectivity index (χ0n) is 9.48. The van der Waals surface area contributed by atoms with E-state index in [-0.39, 0.29) is 11.6 Å². The normalized spacial score (nSPS) is 36.6. The molecule has 3 unspecified atom stereocenters. The molecular weight excluding hydrogens is 202 g/mol. The molecule has 86 valence electrons. The molecule has 3 nitrogen and oxygen atoms in total. The second-order valence-corrected chi connectivity index (χ2v) is 4.80. The zero-order valence-corrected chi connectivity index (χ0v) is 9.48. The molecule has 2 aliphatic heterocycles. The van der Waals surface area contributed by atoms with Crippen LogP contribution in [0.25, 0.3) is 0 Å². The Labute approximate surface area is 95.5 Å². The minimum Gasteiger partial charge on any atom is -0.497 e. The largest absolute Gasteiger partial charge is 0.497 e. The van der Waals surface area contributed by atoms with Crippen LogP contribution in [0.4, 0.5) is 0 Å². The fourth-order valence-electron chi connectivity index (χ4n) is 2.95. The van der Waals surface area contributed by atoms with Crippen molar-refractivity contribution >= 4 is 0 Å². The first-order valence-electron chi connectivity index (χ1n) is 5.81. The first-order valence-corrected chi connectivity index (χ1v) is 5.81. The van der Waals surface area contributed by atoms with Crippen molar-refractivity contribution in [3.05, 3.63) is 29.8 Å². The minimum absolute atomic E-state index is 0.200. The number of hydrogen-bond acceptors (Lipinski definition) is 3. The third-order valence-corrected chi connectivity index (χ3v) is 3.88. The fourth-order valence-corrected chi connectivity index (χ4v) is 2.95. The number of fused-ring (bicyclic) bond motifs is 2. The summed E-state index contributed by atoms with van der Waals surface area (Å²) in [7, 11) is 1.67. The Balaban J connectivity index is 1.91. The molecule has 1 aromatic rings. The van der Waals surface area contributed by atoms with Crippen LogP contribution in [0.1, 0.15) is 24.8 Å². The molecule has 3 rings (SSSR count). The summed E-state index contributed by atoms with van der Waals surface area (Å²) in [6, 6.07) is 8.05. The van der Waals surface area contributed by atoms with E-state index in [0.717, 1.165) is 18.6 Å². The molecule has 2 saturated heterocycles. The van der Waals surface area contributed by atoms with E-state index in [1.54, 1.807) is 7.11 Å². The summed E-state index contributed by atoms with van der Waals surface area (Å²) in [5, 5.41) is 0. The second-order valence-electron chi connectivity index (χ2n) is 4.80. The topological polar surface area (TPSA) is 44.5 Å². The van der Waals surface area contributed by atoms with Crippen molar-refractivity contribution in [2.45, 2.75) is 37.0 Å². The van der Waals surface area contributed by atoms with Gasteiger partial charge in [-0.15, -0.1) is 0 Å². The number of methoxy groups -OCH3 is 1. The molecule has 0 spiro atoms. The monoisotopic (exact) mass is 219 g/mol. The number of benzene rings is 1. The SMILES string of the molecule is COc1ccc(C2(N)CC3CCC2O3)cc1. The third kappa shape index (κ3) is 1.35. The van der Waals surface area contributed by atoms with Crippen LogP contribution in [-0.4, -0.2) is 19.3 Å². The summed E-state index contributed by atoms with van der Waals surface area (Å²) in [4.78, 5) is 0. The maximum Gasteiger partial charge on any atom is 0.118 e. The quantitative estimate of drug-likeness (QED) is 0.825. The fraction of sp³-hybridized carbons (Fsp3) is 0.538. The van der Waals surface area contributed by atoms with E-state index in [1.807, 2.05) is 12.1 Å². The lowest BCUT2D eigenvalue weighted by molar-refractivity contribution is 0.0853. The standard InChI is InChI=1S/C13H17NO2/c1-15-10-4-2-9(3-5-10)13(14)8-11-6-7-12(13)16-11/h2-5,11-12H,6-8,14H2,1H3. The maximum absolute atomic E-state index is 6.49. The van der Waals surface area contributed by atoms with E-state index in [4.69, 9.17) is 15.2 Å². The van der Waals surface area contributed by atoms with Crippen molar-refractivity contribution in [2.75, 3.05) is 7.11 Å². The Bertz CT molecular complexity index is 389. The van der Waals surface area contributed by atoms with Gasteiger partial charge in [0.15, 0.2) is 0 Å². The average molecular weight is 219 g/mol. The van der Waals surface area contributed by atoms with Crippen LogP contribution in [0, 0.1) is 0 Å². The summed E-state index contributed by atoms with van der Waals surface area (Å²) in [6.07, 6.45) is 3.78. The van der Waals surface area contributed by atoms with Crippen molar-refractivity contribution < 1.29 is 9.47 Å². The van der Waals surface area contributed by atoms with Crippen LogP contribution in [0.3, 0.4) is 0 Å². The number of rotatable bonds is 2. The Hall–Kier alpha value is -1.06.